The number of fused-ring (bicyclic) bond motifs is 1. The largest absolute Gasteiger partial charge is 0.503 e. The molecule has 0 radical (unpaired) electrons. The summed E-state index contributed by atoms with van der Waals surface area (Å²) in [7, 11) is 3.02. The van der Waals surface area contributed by atoms with E-state index in [1.165, 1.54) is 19.1 Å². The molecule has 1 N–H and O–H groups in total. The molecule has 3 aromatic rings. The number of nitrogens with zero attached hydrogens (tertiary/aromatic N) is 1. The third-order valence-corrected chi connectivity index (χ3v) is 6.20. The number of hydrogen-bond acceptors (Lipinski definition) is 7. The Morgan fingerprint density at radius 2 is 1.86 bits per heavy atom. The number of carbonyl (C=O) groups excluding carboxylic acids is 2. The zero-order chi connectivity index (χ0) is 26.0. The Labute approximate surface area is 214 Å². The molecule has 0 saturated heterocycles. The molecule has 4 rings (SSSR count). The first kappa shape index (κ1) is 25.6. The van der Waals surface area contributed by atoms with E-state index in [1.807, 2.05) is 13.8 Å². The van der Waals surface area contributed by atoms with Crippen molar-refractivity contribution in [3.63, 3.8) is 0 Å². The lowest BCUT2D eigenvalue weighted by molar-refractivity contribution is -0.129. The van der Waals surface area contributed by atoms with Crippen molar-refractivity contribution in [2.24, 2.45) is 0 Å². The van der Waals surface area contributed by atoms with Crippen LogP contribution in [0, 0.1) is 0 Å². The molecule has 190 valence electrons. The van der Waals surface area contributed by atoms with E-state index in [-0.39, 0.29) is 24.0 Å². The summed E-state index contributed by atoms with van der Waals surface area (Å²) in [6.45, 7) is 4.55. The van der Waals surface area contributed by atoms with Crippen molar-refractivity contribution in [3.05, 3.63) is 70.1 Å². The van der Waals surface area contributed by atoms with Crippen LogP contribution in [0.4, 0.5) is 0 Å². The summed E-state index contributed by atoms with van der Waals surface area (Å²) in [6, 6.07) is 10.8. The summed E-state index contributed by atoms with van der Waals surface area (Å²) in [5.41, 5.74) is 0.983. The number of benzene rings is 2. The van der Waals surface area contributed by atoms with Gasteiger partial charge in [0.15, 0.2) is 23.0 Å². The minimum absolute atomic E-state index is 0.00270. The Kier molecular flexibility index (Phi) is 7.56. The maximum atomic E-state index is 13.7. The highest BCUT2D eigenvalue weighted by Crippen LogP contribution is 2.42. The van der Waals surface area contributed by atoms with E-state index >= 15 is 0 Å². The topological polar surface area (TPSA) is 98.4 Å². The van der Waals surface area contributed by atoms with Crippen LogP contribution in [0.5, 0.6) is 11.5 Å². The average Bonchev–Trinajstić information content (AvgIpc) is 3.39. The molecule has 0 bridgehead atoms. The Morgan fingerprint density at radius 1 is 1.11 bits per heavy atom. The van der Waals surface area contributed by atoms with Crippen molar-refractivity contribution in [3.8, 4) is 11.5 Å². The van der Waals surface area contributed by atoms with Gasteiger partial charge in [-0.1, -0.05) is 17.7 Å². The van der Waals surface area contributed by atoms with Crippen LogP contribution in [0.15, 0.2) is 58.2 Å². The number of amides is 1. The molecule has 0 spiro atoms. The van der Waals surface area contributed by atoms with Gasteiger partial charge in [0.05, 0.1) is 31.9 Å². The first-order valence-corrected chi connectivity index (χ1v) is 11.9. The Bertz CT molecular complexity index is 1330. The number of ketones is 1. The summed E-state index contributed by atoms with van der Waals surface area (Å²) in [5, 5.41) is 12.0. The SMILES string of the molecule is COc1ccc(C2C(C(=O)c3cc4cc(Cl)ccc4o3)=C(O)C(=O)N2CCCOC(C)C)cc1OC. The van der Waals surface area contributed by atoms with Gasteiger partial charge >= 0.3 is 0 Å². The number of halogens is 1. The standard InChI is InChI=1S/C27H28ClNO7/c1-15(2)35-11-5-10-29-24(16-6-8-20(33-3)21(13-16)34-4)23(26(31)27(29)32)25(30)22-14-17-12-18(28)7-9-19(17)36-22/h6-9,12-15,24,31H,5,10-11H2,1-4H3. The number of carbonyl (C=O) groups is 2. The van der Waals surface area contributed by atoms with Crippen molar-refractivity contribution in [2.45, 2.75) is 32.4 Å². The summed E-state index contributed by atoms with van der Waals surface area (Å²) in [4.78, 5) is 28.3. The second kappa shape index (κ2) is 10.6. The lowest BCUT2D eigenvalue weighted by Gasteiger charge is -2.27. The molecule has 1 amide bonds. The van der Waals surface area contributed by atoms with Crippen LogP contribution in [-0.4, -0.2) is 55.2 Å². The number of rotatable bonds is 10. The summed E-state index contributed by atoms with van der Waals surface area (Å²) in [6.07, 6.45) is 0.567. The molecule has 1 aliphatic heterocycles. The van der Waals surface area contributed by atoms with Crippen molar-refractivity contribution in [2.75, 3.05) is 27.4 Å². The van der Waals surface area contributed by atoms with Crippen LogP contribution in [0.3, 0.4) is 0 Å². The Balaban J connectivity index is 1.75. The quantitative estimate of drug-likeness (QED) is 0.282. The number of ether oxygens (including phenoxy) is 3. The van der Waals surface area contributed by atoms with E-state index in [9.17, 15) is 14.7 Å². The second-order valence-corrected chi connectivity index (χ2v) is 9.11. The molecule has 8 nitrogen and oxygen atoms in total. The van der Waals surface area contributed by atoms with Crippen molar-refractivity contribution >= 4 is 34.3 Å². The molecule has 1 unspecified atom stereocenters. The fourth-order valence-electron chi connectivity index (χ4n) is 4.30. The predicted octanol–water partition coefficient (Wildman–Crippen LogP) is 5.50. The van der Waals surface area contributed by atoms with E-state index in [0.29, 0.717) is 46.1 Å². The number of furan rings is 1. The lowest BCUT2D eigenvalue weighted by Crippen LogP contribution is -2.32. The number of Topliss-reactive ketones (excluding diaryl/α,β-unsaturated/α-hetero) is 1. The highest BCUT2D eigenvalue weighted by Gasteiger charge is 2.44. The van der Waals surface area contributed by atoms with Crippen LogP contribution in [0.2, 0.25) is 5.02 Å². The number of aliphatic hydroxyl groups is 1. The molecular weight excluding hydrogens is 486 g/mol. The maximum Gasteiger partial charge on any atom is 0.290 e. The number of aliphatic hydroxyl groups excluding tert-OH is 1. The molecule has 0 saturated carbocycles. The van der Waals surface area contributed by atoms with Gasteiger partial charge in [-0.25, -0.2) is 0 Å². The van der Waals surface area contributed by atoms with Gasteiger partial charge in [0.1, 0.15) is 5.58 Å². The Morgan fingerprint density at radius 3 is 2.56 bits per heavy atom. The molecule has 2 aromatic carbocycles. The normalized spacial score (nSPS) is 15.9. The number of hydrogen-bond donors (Lipinski definition) is 1. The van der Waals surface area contributed by atoms with Crippen molar-refractivity contribution in [1.29, 1.82) is 0 Å². The van der Waals surface area contributed by atoms with E-state index in [1.54, 1.807) is 42.5 Å². The smallest absolute Gasteiger partial charge is 0.290 e. The third-order valence-electron chi connectivity index (χ3n) is 5.97. The average molecular weight is 514 g/mol. The van der Waals surface area contributed by atoms with Crippen molar-refractivity contribution in [1.82, 2.24) is 4.90 Å². The van der Waals surface area contributed by atoms with Crippen LogP contribution in [-0.2, 0) is 9.53 Å². The van der Waals surface area contributed by atoms with E-state index in [4.69, 9.17) is 30.2 Å². The fourth-order valence-corrected chi connectivity index (χ4v) is 4.48. The molecule has 1 aliphatic rings. The van der Waals surface area contributed by atoms with Gasteiger partial charge in [0.25, 0.3) is 5.91 Å². The van der Waals surface area contributed by atoms with Gasteiger partial charge in [-0.15, -0.1) is 0 Å². The summed E-state index contributed by atoms with van der Waals surface area (Å²) < 4.78 is 22.1. The minimum Gasteiger partial charge on any atom is -0.503 e. The Hall–Kier alpha value is -3.49. The van der Waals surface area contributed by atoms with Gasteiger partial charge in [0, 0.05) is 23.6 Å². The highest BCUT2D eigenvalue weighted by atomic mass is 35.5. The van der Waals surface area contributed by atoms with Crippen LogP contribution in [0.1, 0.15) is 42.4 Å². The lowest BCUT2D eigenvalue weighted by atomic mass is 9.94. The minimum atomic E-state index is -0.861. The van der Waals surface area contributed by atoms with Crippen molar-refractivity contribution < 1.29 is 33.3 Å². The fraction of sp³-hybridized carbons (Fsp3) is 0.333. The van der Waals surface area contributed by atoms with Crippen LogP contribution < -0.4 is 9.47 Å². The molecule has 1 atom stereocenters. The highest BCUT2D eigenvalue weighted by molar-refractivity contribution is 6.31. The first-order chi connectivity index (χ1) is 17.2. The molecule has 9 heteroatoms. The molecule has 36 heavy (non-hydrogen) atoms. The first-order valence-electron chi connectivity index (χ1n) is 11.6. The van der Waals surface area contributed by atoms with Gasteiger partial charge in [-0.05, 0) is 62.2 Å². The third kappa shape index (κ3) is 4.92. The van der Waals surface area contributed by atoms with Crippen LogP contribution in [0.25, 0.3) is 11.0 Å². The molecule has 0 fully saturated rings. The molecular formula is C27H28ClNO7. The van der Waals surface area contributed by atoms with Crippen LogP contribution >= 0.6 is 11.6 Å². The zero-order valence-electron chi connectivity index (χ0n) is 20.5. The zero-order valence-corrected chi connectivity index (χ0v) is 21.3. The predicted molar refractivity (Wildman–Crippen MR) is 135 cm³/mol. The molecule has 2 heterocycles. The van der Waals surface area contributed by atoms with Gasteiger partial charge in [-0.2, -0.15) is 0 Å². The van der Waals surface area contributed by atoms with Gasteiger partial charge in [0.2, 0.25) is 5.78 Å². The number of methoxy groups -OCH3 is 2. The van der Waals surface area contributed by atoms with E-state index in [0.717, 1.165) is 0 Å². The van der Waals surface area contributed by atoms with Gasteiger partial charge < -0.3 is 28.6 Å². The summed E-state index contributed by atoms with van der Waals surface area (Å²) >= 11 is 6.07. The monoisotopic (exact) mass is 513 g/mol. The second-order valence-electron chi connectivity index (χ2n) is 8.67. The van der Waals surface area contributed by atoms with E-state index in [2.05, 4.69) is 0 Å². The molecule has 1 aromatic heterocycles. The maximum absolute atomic E-state index is 13.7. The summed E-state index contributed by atoms with van der Waals surface area (Å²) in [5.74, 6) is -0.907. The molecule has 0 aliphatic carbocycles. The van der Waals surface area contributed by atoms with Gasteiger partial charge in [-0.3, -0.25) is 9.59 Å². The van der Waals surface area contributed by atoms with E-state index < -0.39 is 23.5 Å².